The minimum atomic E-state index is 0.629. The molecule has 1 aromatic rings. The lowest BCUT2D eigenvalue weighted by Crippen LogP contribution is -2.04. The van der Waals surface area contributed by atoms with E-state index in [4.69, 9.17) is 4.74 Å². The molecule has 2 rings (SSSR count). The standard InChI is InChI=1S/C15H21BrO/c1-3-4-10-17-15-13(6-5-7-14(15)16)11(2)12-8-9-12/h5-7,11-12H,3-4,8-10H2,1-2H3. The van der Waals surface area contributed by atoms with Gasteiger partial charge in [-0.05, 0) is 58.7 Å². The summed E-state index contributed by atoms with van der Waals surface area (Å²) in [6.07, 6.45) is 5.06. The van der Waals surface area contributed by atoms with E-state index in [1.807, 2.05) is 0 Å². The van der Waals surface area contributed by atoms with Gasteiger partial charge in [0.2, 0.25) is 0 Å². The molecule has 0 radical (unpaired) electrons. The summed E-state index contributed by atoms with van der Waals surface area (Å²) in [7, 11) is 0. The van der Waals surface area contributed by atoms with E-state index in [0.717, 1.165) is 29.2 Å². The largest absolute Gasteiger partial charge is 0.492 e. The van der Waals surface area contributed by atoms with Crippen LogP contribution in [0.15, 0.2) is 22.7 Å². The fourth-order valence-electron chi connectivity index (χ4n) is 2.21. The molecule has 2 heteroatoms. The fraction of sp³-hybridized carbons (Fsp3) is 0.600. The lowest BCUT2D eigenvalue weighted by atomic mass is 9.95. The van der Waals surface area contributed by atoms with E-state index in [2.05, 4.69) is 48.0 Å². The SMILES string of the molecule is CCCCOc1c(Br)cccc1C(C)C1CC1. The number of ether oxygens (including phenoxy) is 1. The lowest BCUT2D eigenvalue weighted by Gasteiger charge is -2.18. The summed E-state index contributed by atoms with van der Waals surface area (Å²) >= 11 is 3.61. The predicted molar refractivity (Wildman–Crippen MR) is 75.7 cm³/mol. The molecule has 0 spiro atoms. The second-order valence-electron chi connectivity index (χ2n) is 4.99. The van der Waals surface area contributed by atoms with Gasteiger partial charge in [-0.15, -0.1) is 0 Å². The quantitative estimate of drug-likeness (QED) is 0.660. The maximum absolute atomic E-state index is 5.96. The Morgan fingerprint density at radius 3 is 2.82 bits per heavy atom. The van der Waals surface area contributed by atoms with Gasteiger partial charge < -0.3 is 4.74 Å². The van der Waals surface area contributed by atoms with E-state index in [9.17, 15) is 0 Å². The molecule has 0 bridgehead atoms. The molecule has 1 aliphatic carbocycles. The maximum Gasteiger partial charge on any atom is 0.136 e. The van der Waals surface area contributed by atoms with Gasteiger partial charge in [-0.1, -0.05) is 32.4 Å². The molecule has 0 amide bonds. The minimum absolute atomic E-state index is 0.629. The van der Waals surface area contributed by atoms with E-state index >= 15 is 0 Å². The van der Waals surface area contributed by atoms with Crippen molar-refractivity contribution in [2.75, 3.05) is 6.61 Å². The molecular weight excluding hydrogens is 276 g/mol. The second-order valence-corrected chi connectivity index (χ2v) is 5.84. The lowest BCUT2D eigenvalue weighted by molar-refractivity contribution is 0.302. The number of benzene rings is 1. The van der Waals surface area contributed by atoms with Crippen molar-refractivity contribution in [2.24, 2.45) is 5.92 Å². The van der Waals surface area contributed by atoms with Gasteiger partial charge in [0.25, 0.3) is 0 Å². The predicted octanol–water partition coefficient (Wildman–Crippen LogP) is 5.14. The highest BCUT2D eigenvalue weighted by Gasteiger charge is 2.31. The van der Waals surface area contributed by atoms with Crippen LogP contribution < -0.4 is 4.74 Å². The average Bonchev–Trinajstić information content (AvgIpc) is 3.14. The molecule has 1 fully saturated rings. The monoisotopic (exact) mass is 296 g/mol. The maximum atomic E-state index is 5.96. The van der Waals surface area contributed by atoms with Crippen molar-refractivity contribution in [1.82, 2.24) is 0 Å². The van der Waals surface area contributed by atoms with Crippen LogP contribution in [0.2, 0.25) is 0 Å². The van der Waals surface area contributed by atoms with Gasteiger partial charge in [0.05, 0.1) is 11.1 Å². The highest BCUT2D eigenvalue weighted by Crippen LogP contribution is 2.46. The Morgan fingerprint density at radius 2 is 2.18 bits per heavy atom. The number of unbranched alkanes of at least 4 members (excludes halogenated alkanes) is 1. The normalized spacial score (nSPS) is 16.9. The zero-order valence-electron chi connectivity index (χ0n) is 10.7. The van der Waals surface area contributed by atoms with Crippen molar-refractivity contribution in [1.29, 1.82) is 0 Å². The van der Waals surface area contributed by atoms with Crippen LogP contribution in [0.5, 0.6) is 5.75 Å². The first-order chi connectivity index (χ1) is 8.24. The number of hydrogen-bond acceptors (Lipinski definition) is 1. The van der Waals surface area contributed by atoms with Crippen LogP contribution in [0.4, 0.5) is 0 Å². The van der Waals surface area contributed by atoms with Gasteiger partial charge in [-0.3, -0.25) is 0 Å². The van der Waals surface area contributed by atoms with Crippen molar-refractivity contribution in [3.8, 4) is 5.75 Å². The summed E-state index contributed by atoms with van der Waals surface area (Å²) in [6, 6.07) is 6.41. The molecule has 1 nitrogen and oxygen atoms in total. The Labute approximate surface area is 113 Å². The summed E-state index contributed by atoms with van der Waals surface area (Å²) in [4.78, 5) is 0. The van der Waals surface area contributed by atoms with E-state index < -0.39 is 0 Å². The van der Waals surface area contributed by atoms with Crippen LogP contribution in [0.1, 0.15) is 51.0 Å². The average molecular weight is 297 g/mol. The topological polar surface area (TPSA) is 9.23 Å². The molecule has 0 aliphatic heterocycles. The number of hydrogen-bond donors (Lipinski definition) is 0. The van der Waals surface area contributed by atoms with Gasteiger partial charge >= 0.3 is 0 Å². The van der Waals surface area contributed by atoms with Crippen molar-refractivity contribution in [3.63, 3.8) is 0 Å². The second kappa shape index (κ2) is 5.90. The van der Waals surface area contributed by atoms with Gasteiger partial charge in [-0.25, -0.2) is 0 Å². The number of halogens is 1. The van der Waals surface area contributed by atoms with Gasteiger partial charge in [0.1, 0.15) is 5.75 Å². The molecule has 1 aromatic carbocycles. The Kier molecular flexibility index (Phi) is 4.49. The van der Waals surface area contributed by atoms with Crippen LogP contribution in [-0.2, 0) is 0 Å². The van der Waals surface area contributed by atoms with Crippen LogP contribution >= 0.6 is 15.9 Å². The first kappa shape index (κ1) is 12.9. The van der Waals surface area contributed by atoms with E-state index in [0.29, 0.717) is 5.92 Å². The molecule has 1 saturated carbocycles. The third kappa shape index (κ3) is 3.25. The fourth-order valence-corrected chi connectivity index (χ4v) is 2.70. The number of para-hydroxylation sites is 1. The number of rotatable bonds is 6. The first-order valence-electron chi connectivity index (χ1n) is 6.65. The van der Waals surface area contributed by atoms with Crippen molar-refractivity contribution in [3.05, 3.63) is 28.2 Å². The summed E-state index contributed by atoms with van der Waals surface area (Å²) in [5.41, 5.74) is 1.37. The highest BCUT2D eigenvalue weighted by molar-refractivity contribution is 9.10. The third-order valence-corrected chi connectivity index (χ3v) is 4.19. The molecular formula is C15H21BrO. The smallest absolute Gasteiger partial charge is 0.136 e. The third-order valence-electron chi connectivity index (χ3n) is 3.56. The molecule has 0 aromatic heterocycles. The molecule has 1 atom stereocenters. The van der Waals surface area contributed by atoms with Crippen molar-refractivity contribution >= 4 is 15.9 Å². The zero-order valence-corrected chi connectivity index (χ0v) is 12.3. The molecule has 94 valence electrons. The molecule has 0 saturated heterocycles. The van der Waals surface area contributed by atoms with Gasteiger partial charge in [-0.2, -0.15) is 0 Å². The van der Waals surface area contributed by atoms with Crippen LogP contribution in [-0.4, -0.2) is 6.61 Å². The Balaban J connectivity index is 2.14. The summed E-state index contributed by atoms with van der Waals surface area (Å²) < 4.78 is 7.06. The van der Waals surface area contributed by atoms with Crippen molar-refractivity contribution < 1.29 is 4.74 Å². The van der Waals surface area contributed by atoms with E-state index in [1.165, 1.54) is 24.8 Å². The van der Waals surface area contributed by atoms with E-state index in [1.54, 1.807) is 0 Å². The molecule has 17 heavy (non-hydrogen) atoms. The Morgan fingerprint density at radius 1 is 1.41 bits per heavy atom. The summed E-state index contributed by atoms with van der Waals surface area (Å²) in [5.74, 6) is 2.57. The first-order valence-corrected chi connectivity index (χ1v) is 7.44. The van der Waals surface area contributed by atoms with E-state index in [-0.39, 0.29) is 0 Å². The van der Waals surface area contributed by atoms with Gasteiger partial charge in [0.15, 0.2) is 0 Å². The van der Waals surface area contributed by atoms with Crippen LogP contribution in [0, 0.1) is 5.92 Å². The Hall–Kier alpha value is -0.500. The molecule has 0 heterocycles. The summed E-state index contributed by atoms with van der Waals surface area (Å²) in [5, 5.41) is 0. The van der Waals surface area contributed by atoms with Crippen LogP contribution in [0.3, 0.4) is 0 Å². The molecule has 0 N–H and O–H groups in total. The minimum Gasteiger partial charge on any atom is -0.492 e. The molecule has 1 aliphatic rings. The van der Waals surface area contributed by atoms with Gasteiger partial charge in [0, 0.05) is 0 Å². The molecule has 1 unspecified atom stereocenters. The zero-order chi connectivity index (χ0) is 12.3. The Bertz CT molecular complexity index is 371. The summed E-state index contributed by atoms with van der Waals surface area (Å²) in [6.45, 7) is 5.34. The highest BCUT2D eigenvalue weighted by atomic mass is 79.9. The van der Waals surface area contributed by atoms with Crippen molar-refractivity contribution in [2.45, 2.75) is 45.4 Å². The van der Waals surface area contributed by atoms with Crippen LogP contribution in [0.25, 0.3) is 0 Å².